The lowest BCUT2D eigenvalue weighted by atomic mass is 10.1. The second kappa shape index (κ2) is 7.38. The predicted molar refractivity (Wildman–Crippen MR) is 73.6 cm³/mol. The summed E-state index contributed by atoms with van der Waals surface area (Å²) < 4.78 is 0. The highest BCUT2D eigenvalue weighted by atomic mass is 32.2. The molecular formula is C13H19N3OS. The monoisotopic (exact) mass is 265 g/mol. The Hall–Kier alpha value is -1.07. The second-order valence-electron chi connectivity index (χ2n) is 4.47. The SMILES string of the molecule is O=C(CSc1ccncc1)NCCC1CCNC1. The van der Waals surface area contributed by atoms with Gasteiger partial charge in [-0.15, -0.1) is 11.8 Å². The maximum atomic E-state index is 11.6. The van der Waals surface area contributed by atoms with Gasteiger partial charge in [0.2, 0.25) is 5.91 Å². The largest absolute Gasteiger partial charge is 0.355 e. The summed E-state index contributed by atoms with van der Waals surface area (Å²) in [6, 6.07) is 3.84. The highest BCUT2D eigenvalue weighted by Crippen LogP contribution is 2.15. The first-order valence-corrected chi connectivity index (χ1v) is 7.33. The Kier molecular flexibility index (Phi) is 5.48. The topological polar surface area (TPSA) is 54.0 Å². The molecule has 1 aliphatic heterocycles. The normalized spacial score (nSPS) is 18.8. The van der Waals surface area contributed by atoms with Gasteiger partial charge in [0.25, 0.3) is 0 Å². The van der Waals surface area contributed by atoms with Crippen LogP contribution in [0.25, 0.3) is 0 Å². The molecule has 0 aromatic carbocycles. The van der Waals surface area contributed by atoms with Gasteiger partial charge < -0.3 is 10.6 Å². The number of nitrogens with one attached hydrogen (secondary N) is 2. The zero-order valence-corrected chi connectivity index (χ0v) is 11.2. The van der Waals surface area contributed by atoms with Gasteiger partial charge >= 0.3 is 0 Å². The molecule has 4 nitrogen and oxygen atoms in total. The van der Waals surface area contributed by atoms with E-state index in [4.69, 9.17) is 0 Å². The van der Waals surface area contributed by atoms with E-state index in [1.807, 2.05) is 12.1 Å². The number of hydrogen-bond acceptors (Lipinski definition) is 4. The molecule has 1 unspecified atom stereocenters. The van der Waals surface area contributed by atoms with Gasteiger partial charge in [-0.1, -0.05) is 0 Å². The van der Waals surface area contributed by atoms with E-state index in [1.165, 1.54) is 6.42 Å². The van der Waals surface area contributed by atoms with E-state index in [0.717, 1.165) is 36.9 Å². The number of carbonyl (C=O) groups excluding carboxylic acids is 1. The Morgan fingerprint density at radius 2 is 2.33 bits per heavy atom. The standard InChI is InChI=1S/C13H19N3OS/c17-13(10-18-12-3-6-14-7-4-12)16-8-2-11-1-5-15-9-11/h3-4,6-7,11,15H,1-2,5,8-10H2,(H,16,17). The van der Waals surface area contributed by atoms with Crippen molar-refractivity contribution in [2.45, 2.75) is 17.7 Å². The molecule has 2 rings (SSSR count). The van der Waals surface area contributed by atoms with Gasteiger partial charge in [-0.25, -0.2) is 0 Å². The Labute approximate surface area is 112 Å². The van der Waals surface area contributed by atoms with Crippen LogP contribution >= 0.6 is 11.8 Å². The minimum atomic E-state index is 0.114. The number of rotatable bonds is 6. The Bertz CT molecular complexity index is 366. The van der Waals surface area contributed by atoms with Crippen LogP contribution in [0.2, 0.25) is 0 Å². The molecule has 1 fully saturated rings. The van der Waals surface area contributed by atoms with E-state index in [1.54, 1.807) is 24.2 Å². The lowest BCUT2D eigenvalue weighted by molar-refractivity contribution is -0.118. The molecular weight excluding hydrogens is 246 g/mol. The molecule has 2 N–H and O–H groups in total. The van der Waals surface area contributed by atoms with E-state index < -0.39 is 0 Å². The number of aromatic nitrogens is 1. The average Bonchev–Trinajstić information content (AvgIpc) is 2.91. The Morgan fingerprint density at radius 1 is 1.50 bits per heavy atom. The third-order valence-electron chi connectivity index (χ3n) is 3.06. The summed E-state index contributed by atoms with van der Waals surface area (Å²) in [7, 11) is 0. The lowest BCUT2D eigenvalue weighted by Crippen LogP contribution is -2.27. The fourth-order valence-electron chi connectivity index (χ4n) is 2.01. The summed E-state index contributed by atoms with van der Waals surface area (Å²) in [5, 5.41) is 6.31. The molecule has 5 heteroatoms. The molecule has 0 spiro atoms. The van der Waals surface area contributed by atoms with Crippen molar-refractivity contribution in [2.24, 2.45) is 5.92 Å². The summed E-state index contributed by atoms with van der Waals surface area (Å²) in [4.78, 5) is 16.7. The lowest BCUT2D eigenvalue weighted by Gasteiger charge is -2.09. The molecule has 0 bridgehead atoms. The van der Waals surface area contributed by atoms with Crippen LogP contribution in [0.15, 0.2) is 29.4 Å². The van der Waals surface area contributed by atoms with Crippen LogP contribution in [0.4, 0.5) is 0 Å². The molecule has 1 aliphatic rings. The summed E-state index contributed by atoms with van der Waals surface area (Å²) in [5.74, 6) is 1.33. The van der Waals surface area contributed by atoms with Crippen molar-refractivity contribution in [3.8, 4) is 0 Å². The van der Waals surface area contributed by atoms with Crippen molar-refractivity contribution >= 4 is 17.7 Å². The third-order valence-corrected chi connectivity index (χ3v) is 4.07. The smallest absolute Gasteiger partial charge is 0.230 e. The van der Waals surface area contributed by atoms with Crippen molar-refractivity contribution in [3.63, 3.8) is 0 Å². The molecule has 1 atom stereocenters. The fraction of sp³-hybridized carbons (Fsp3) is 0.538. The minimum Gasteiger partial charge on any atom is -0.355 e. The summed E-state index contributed by atoms with van der Waals surface area (Å²) in [5.41, 5.74) is 0. The Morgan fingerprint density at radius 3 is 3.06 bits per heavy atom. The zero-order chi connectivity index (χ0) is 12.6. The van der Waals surface area contributed by atoms with Crippen molar-refractivity contribution < 1.29 is 4.79 Å². The summed E-state index contributed by atoms with van der Waals surface area (Å²) in [6.45, 7) is 3.01. The van der Waals surface area contributed by atoms with Crippen LogP contribution in [-0.4, -0.2) is 36.3 Å². The van der Waals surface area contributed by atoms with Gasteiger partial charge in [0.1, 0.15) is 0 Å². The van der Waals surface area contributed by atoms with Crippen molar-refractivity contribution in [1.29, 1.82) is 0 Å². The van der Waals surface area contributed by atoms with Crippen molar-refractivity contribution in [2.75, 3.05) is 25.4 Å². The van der Waals surface area contributed by atoms with E-state index >= 15 is 0 Å². The van der Waals surface area contributed by atoms with Gasteiger partial charge in [-0.2, -0.15) is 0 Å². The van der Waals surface area contributed by atoms with Gasteiger partial charge in [-0.3, -0.25) is 9.78 Å². The van der Waals surface area contributed by atoms with E-state index in [-0.39, 0.29) is 5.91 Å². The van der Waals surface area contributed by atoms with Crippen LogP contribution in [-0.2, 0) is 4.79 Å². The molecule has 0 radical (unpaired) electrons. The minimum absolute atomic E-state index is 0.114. The quantitative estimate of drug-likeness (QED) is 0.761. The number of carbonyl (C=O) groups is 1. The number of thioether (sulfide) groups is 1. The van der Waals surface area contributed by atoms with Crippen LogP contribution < -0.4 is 10.6 Å². The maximum Gasteiger partial charge on any atom is 0.230 e. The van der Waals surface area contributed by atoms with E-state index in [9.17, 15) is 4.79 Å². The van der Waals surface area contributed by atoms with E-state index in [2.05, 4.69) is 15.6 Å². The molecule has 1 amide bonds. The molecule has 1 saturated heterocycles. The number of hydrogen-bond donors (Lipinski definition) is 2. The molecule has 1 aromatic heterocycles. The maximum absolute atomic E-state index is 11.6. The van der Waals surface area contributed by atoms with Crippen molar-refractivity contribution in [3.05, 3.63) is 24.5 Å². The second-order valence-corrected chi connectivity index (χ2v) is 5.52. The third kappa shape index (κ3) is 4.66. The predicted octanol–water partition coefficient (Wildman–Crippen LogP) is 1.29. The molecule has 18 heavy (non-hydrogen) atoms. The van der Waals surface area contributed by atoms with Gasteiger partial charge in [0, 0.05) is 23.8 Å². The van der Waals surface area contributed by atoms with Crippen LogP contribution in [0, 0.1) is 5.92 Å². The Balaban J connectivity index is 1.57. The molecule has 98 valence electrons. The van der Waals surface area contributed by atoms with Crippen LogP contribution in [0.5, 0.6) is 0 Å². The molecule has 0 aliphatic carbocycles. The summed E-state index contributed by atoms with van der Waals surface area (Å²) >= 11 is 1.55. The average molecular weight is 265 g/mol. The van der Waals surface area contributed by atoms with Crippen molar-refractivity contribution in [1.82, 2.24) is 15.6 Å². The zero-order valence-electron chi connectivity index (χ0n) is 10.4. The van der Waals surface area contributed by atoms with Crippen LogP contribution in [0.1, 0.15) is 12.8 Å². The first-order valence-electron chi connectivity index (χ1n) is 6.35. The fourth-order valence-corrected chi connectivity index (χ4v) is 2.72. The highest BCUT2D eigenvalue weighted by molar-refractivity contribution is 8.00. The van der Waals surface area contributed by atoms with Crippen LogP contribution in [0.3, 0.4) is 0 Å². The van der Waals surface area contributed by atoms with Gasteiger partial charge in [-0.05, 0) is 44.0 Å². The van der Waals surface area contributed by atoms with Gasteiger partial charge in [0.15, 0.2) is 0 Å². The number of pyridine rings is 1. The first kappa shape index (κ1) is 13.4. The number of amides is 1. The first-order chi connectivity index (χ1) is 8.84. The number of nitrogens with zero attached hydrogens (tertiary/aromatic N) is 1. The van der Waals surface area contributed by atoms with Gasteiger partial charge in [0.05, 0.1) is 5.75 Å². The highest BCUT2D eigenvalue weighted by Gasteiger charge is 2.13. The molecule has 0 saturated carbocycles. The summed E-state index contributed by atoms with van der Waals surface area (Å²) in [6.07, 6.45) is 5.81. The molecule has 2 heterocycles. The molecule has 1 aromatic rings. The van der Waals surface area contributed by atoms with E-state index in [0.29, 0.717) is 5.75 Å².